The first-order valence-corrected chi connectivity index (χ1v) is 7.22. The van der Waals surface area contributed by atoms with Crippen molar-refractivity contribution in [2.45, 2.75) is 51.7 Å². The van der Waals surface area contributed by atoms with Gasteiger partial charge in [0.25, 0.3) is 0 Å². The first kappa shape index (κ1) is 13.3. The van der Waals surface area contributed by atoms with Gasteiger partial charge in [0.15, 0.2) is 0 Å². The van der Waals surface area contributed by atoms with Crippen molar-refractivity contribution in [3.63, 3.8) is 0 Å². The average molecular weight is 240 g/mol. The highest BCUT2D eigenvalue weighted by molar-refractivity contribution is 4.85. The quantitative estimate of drug-likeness (QED) is 0.768. The summed E-state index contributed by atoms with van der Waals surface area (Å²) >= 11 is 0. The average Bonchev–Trinajstić information content (AvgIpc) is 2.29. The third kappa shape index (κ3) is 3.43. The zero-order chi connectivity index (χ0) is 12.4. The minimum atomic E-state index is -0.138. The highest BCUT2D eigenvalue weighted by Crippen LogP contribution is 2.29. The third-order valence-electron chi connectivity index (χ3n) is 4.80. The highest BCUT2D eigenvalue weighted by atomic mass is 16.3. The van der Waals surface area contributed by atoms with E-state index in [-0.39, 0.29) is 6.10 Å². The topological polar surface area (TPSA) is 49.5 Å². The summed E-state index contributed by atoms with van der Waals surface area (Å²) in [5.74, 6) is 1.93. The zero-order valence-corrected chi connectivity index (χ0v) is 11.3. The van der Waals surface area contributed by atoms with Crippen molar-refractivity contribution in [3.05, 3.63) is 0 Å². The van der Waals surface area contributed by atoms with E-state index in [4.69, 9.17) is 5.73 Å². The van der Waals surface area contributed by atoms with Crippen LogP contribution in [0.3, 0.4) is 0 Å². The number of likely N-dealkylation sites (tertiary alicyclic amines) is 1. The summed E-state index contributed by atoms with van der Waals surface area (Å²) < 4.78 is 0. The molecule has 1 heterocycles. The van der Waals surface area contributed by atoms with Crippen molar-refractivity contribution >= 4 is 0 Å². The van der Waals surface area contributed by atoms with E-state index in [0.29, 0.717) is 17.9 Å². The molecule has 2 aliphatic rings. The molecule has 0 amide bonds. The van der Waals surface area contributed by atoms with E-state index in [9.17, 15) is 5.11 Å². The lowest BCUT2D eigenvalue weighted by molar-refractivity contribution is 0.0169. The van der Waals surface area contributed by atoms with E-state index in [1.54, 1.807) is 0 Å². The molecule has 3 heteroatoms. The number of nitrogens with zero attached hydrogens (tertiary/aromatic N) is 1. The molecule has 5 atom stereocenters. The minimum Gasteiger partial charge on any atom is -0.392 e. The Balaban J connectivity index is 1.83. The Bertz CT molecular complexity index is 246. The predicted octanol–water partition coefficient (Wildman–Crippen LogP) is 1.45. The third-order valence-corrected chi connectivity index (χ3v) is 4.80. The predicted molar refractivity (Wildman–Crippen MR) is 70.7 cm³/mol. The SMILES string of the molecule is CC1CCC(N)C(CN2CCC(C)C(O)C2)C1. The van der Waals surface area contributed by atoms with Gasteiger partial charge in [-0.25, -0.2) is 0 Å². The summed E-state index contributed by atoms with van der Waals surface area (Å²) in [4.78, 5) is 2.42. The van der Waals surface area contributed by atoms with Crippen molar-refractivity contribution in [1.29, 1.82) is 0 Å². The Morgan fingerprint density at radius 3 is 2.71 bits per heavy atom. The fraction of sp³-hybridized carbons (Fsp3) is 1.00. The molecule has 0 aromatic carbocycles. The maximum atomic E-state index is 9.92. The molecule has 1 aliphatic heterocycles. The first-order valence-electron chi connectivity index (χ1n) is 7.22. The molecule has 1 saturated heterocycles. The van der Waals surface area contributed by atoms with Crippen LogP contribution in [0.4, 0.5) is 0 Å². The minimum absolute atomic E-state index is 0.138. The summed E-state index contributed by atoms with van der Waals surface area (Å²) in [5.41, 5.74) is 6.23. The molecule has 1 saturated carbocycles. The van der Waals surface area contributed by atoms with Gasteiger partial charge in [0.2, 0.25) is 0 Å². The molecule has 1 aliphatic carbocycles. The van der Waals surface area contributed by atoms with Gasteiger partial charge >= 0.3 is 0 Å². The molecule has 2 fully saturated rings. The standard InChI is InChI=1S/C14H28N2O/c1-10-3-4-13(15)12(7-10)8-16-6-5-11(2)14(17)9-16/h10-14,17H,3-9,15H2,1-2H3. The highest BCUT2D eigenvalue weighted by Gasteiger charge is 2.30. The normalized spacial score (nSPS) is 44.8. The van der Waals surface area contributed by atoms with Gasteiger partial charge in [-0.1, -0.05) is 13.8 Å². The number of rotatable bonds is 2. The van der Waals surface area contributed by atoms with E-state index in [0.717, 1.165) is 32.0 Å². The van der Waals surface area contributed by atoms with Crippen LogP contribution < -0.4 is 5.73 Å². The lowest BCUT2D eigenvalue weighted by Crippen LogP contribution is -2.48. The molecular formula is C14H28N2O. The molecule has 3 N–H and O–H groups in total. The van der Waals surface area contributed by atoms with Crippen molar-refractivity contribution in [1.82, 2.24) is 4.90 Å². The Hall–Kier alpha value is -0.120. The van der Waals surface area contributed by atoms with Gasteiger partial charge in [-0.2, -0.15) is 0 Å². The van der Waals surface area contributed by atoms with Crippen LogP contribution in [0.2, 0.25) is 0 Å². The maximum absolute atomic E-state index is 9.92. The molecule has 2 rings (SSSR count). The summed E-state index contributed by atoms with van der Waals surface area (Å²) in [5, 5.41) is 9.92. The first-order chi connectivity index (χ1) is 8.06. The summed E-state index contributed by atoms with van der Waals surface area (Å²) in [6, 6.07) is 0.377. The molecule has 0 aromatic heterocycles. The van der Waals surface area contributed by atoms with Crippen LogP contribution in [0.25, 0.3) is 0 Å². The number of β-amino-alcohol motifs (C(OH)–C–C–N with tert-alkyl or cyclic N) is 1. The molecule has 0 aromatic rings. The number of hydrogen-bond acceptors (Lipinski definition) is 3. The Kier molecular flexibility index (Phi) is 4.45. The van der Waals surface area contributed by atoms with Gasteiger partial charge in [0.05, 0.1) is 6.10 Å². The number of aliphatic hydroxyl groups is 1. The van der Waals surface area contributed by atoms with Crippen LogP contribution in [-0.4, -0.2) is 41.8 Å². The monoisotopic (exact) mass is 240 g/mol. The van der Waals surface area contributed by atoms with Crippen molar-refractivity contribution in [2.75, 3.05) is 19.6 Å². The second-order valence-electron chi connectivity index (χ2n) is 6.44. The van der Waals surface area contributed by atoms with Crippen molar-refractivity contribution in [3.8, 4) is 0 Å². The van der Waals surface area contributed by atoms with Crippen LogP contribution in [-0.2, 0) is 0 Å². The van der Waals surface area contributed by atoms with Gasteiger partial charge in [0, 0.05) is 19.1 Å². The van der Waals surface area contributed by atoms with Gasteiger partial charge in [0.1, 0.15) is 0 Å². The smallest absolute Gasteiger partial charge is 0.0693 e. The molecule has 5 unspecified atom stereocenters. The lowest BCUT2D eigenvalue weighted by Gasteiger charge is -2.40. The molecule has 17 heavy (non-hydrogen) atoms. The molecule has 0 bridgehead atoms. The van der Waals surface area contributed by atoms with Gasteiger partial charge < -0.3 is 15.7 Å². The Morgan fingerprint density at radius 1 is 1.24 bits per heavy atom. The van der Waals surface area contributed by atoms with E-state index in [1.165, 1.54) is 19.3 Å². The van der Waals surface area contributed by atoms with Gasteiger partial charge in [-0.15, -0.1) is 0 Å². The summed E-state index contributed by atoms with van der Waals surface area (Å²) in [6.07, 6.45) is 4.72. The molecular weight excluding hydrogens is 212 g/mol. The van der Waals surface area contributed by atoms with Crippen molar-refractivity contribution in [2.24, 2.45) is 23.5 Å². The fourth-order valence-electron chi connectivity index (χ4n) is 3.34. The molecule has 100 valence electrons. The maximum Gasteiger partial charge on any atom is 0.0693 e. The molecule has 3 nitrogen and oxygen atoms in total. The van der Waals surface area contributed by atoms with Crippen LogP contribution in [0.15, 0.2) is 0 Å². The second kappa shape index (κ2) is 5.68. The fourth-order valence-corrected chi connectivity index (χ4v) is 3.34. The zero-order valence-electron chi connectivity index (χ0n) is 11.3. The molecule has 0 spiro atoms. The second-order valence-corrected chi connectivity index (χ2v) is 6.44. The number of hydrogen-bond donors (Lipinski definition) is 2. The summed E-state index contributed by atoms with van der Waals surface area (Å²) in [6.45, 7) is 7.56. The van der Waals surface area contributed by atoms with Crippen LogP contribution in [0.5, 0.6) is 0 Å². The lowest BCUT2D eigenvalue weighted by atomic mass is 9.78. The van der Waals surface area contributed by atoms with Crippen LogP contribution >= 0.6 is 0 Å². The van der Waals surface area contributed by atoms with E-state index in [1.807, 2.05) is 0 Å². The number of nitrogens with two attached hydrogens (primary N) is 1. The Labute approximate surface area is 105 Å². The molecule has 0 radical (unpaired) electrons. The summed E-state index contributed by atoms with van der Waals surface area (Å²) in [7, 11) is 0. The van der Waals surface area contributed by atoms with E-state index in [2.05, 4.69) is 18.7 Å². The van der Waals surface area contributed by atoms with E-state index < -0.39 is 0 Å². The van der Waals surface area contributed by atoms with Crippen LogP contribution in [0.1, 0.15) is 39.5 Å². The number of piperidine rings is 1. The van der Waals surface area contributed by atoms with E-state index >= 15 is 0 Å². The van der Waals surface area contributed by atoms with Crippen LogP contribution in [0, 0.1) is 17.8 Å². The van der Waals surface area contributed by atoms with Gasteiger partial charge in [-0.05, 0) is 50.0 Å². The number of aliphatic hydroxyl groups excluding tert-OH is 1. The largest absolute Gasteiger partial charge is 0.392 e. The van der Waals surface area contributed by atoms with Crippen molar-refractivity contribution < 1.29 is 5.11 Å². The van der Waals surface area contributed by atoms with Gasteiger partial charge in [-0.3, -0.25) is 0 Å². The Morgan fingerprint density at radius 2 is 2.00 bits per heavy atom.